The van der Waals surface area contributed by atoms with Crippen LogP contribution >= 0.6 is 15.9 Å². The highest BCUT2D eigenvalue weighted by atomic mass is 79.9. The number of hydrogen-bond acceptors (Lipinski definition) is 3. The molecule has 0 saturated heterocycles. The molecule has 3 rings (SSSR count). The lowest BCUT2D eigenvalue weighted by atomic mass is 10.1. The van der Waals surface area contributed by atoms with Crippen LogP contribution in [-0.2, 0) is 11.5 Å². The average molecular weight is 397 g/mol. The van der Waals surface area contributed by atoms with Gasteiger partial charge < -0.3 is 14.4 Å². The van der Waals surface area contributed by atoms with Crippen LogP contribution in [0.2, 0.25) is 25.7 Å². The molecule has 2 heterocycles. The van der Waals surface area contributed by atoms with Gasteiger partial charge in [-0.25, -0.2) is 4.98 Å². The third kappa shape index (κ3) is 3.87. The number of aliphatic hydroxyl groups is 1. The first kappa shape index (κ1) is 17.1. The molecule has 0 aromatic carbocycles. The van der Waals surface area contributed by atoms with Crippen LogP contribution in [0.4, 0.5) is 0 Å². The maximum atomic E-state index is 9.38. The molecule has 0 amide bonds. The van der Waals surface area contributed by atoms with Gasteiger partial charge in [-0.2, -0.15) is 0 Å². The summed E-state index contributed by atoms with van der Waals surface area (Å²) in [6.07, 6.45) is 5.05. The van der Waals surface area contributed by atoms with E-state index in [0.717, 1.165) is 23.1 Å². The quantitative estimate of drug-likeness (QED) is 0.563. The van der Waals surface area contributed by atoms with E-state index < -0.39 is 8.07 Å². The molecule has 2 aromatic rings. The van der Waals surface area contributed by atoms with E-state index >= 15 is 0 Å². The monoisotopic (exact) mass is 396 g/mol. The minimum absolute atomic E-state index is 0.266. The fraction of sp³-hybridized carbons (Fsp3) is 0.588. The molecule has 0 radical (unpaired) electrons. The highest BCUT2D eigenvalue weighted by Gasteiger charge is 2.40. The molecule has 4 nitrogen and oxygen atoms in total. The summed E-state index contributed by atoms with van der Waals surface area (Å²) in [4.78, 5) is 4.55. The molecular formula is C17H25BrN2O2Si. The van der Waals surface area contributed by atoms with Gasteiger partial charge in [-0.15, -0.1) is 0 Å². The van der Waals surface area contributed by atoms with Gasteiger partial charge in [0.1, 0.15) is 12.4 Å². The lowest BCUT2D eigenvalue weighted by Gasteiger charge is -2.15. The summed E-state index contributed by atoms with van der Waals surface area (Å²) in [5, 5.41) is 10.5. The third-order valence-electron chi connectivity index (χ3n) is 4.52. The summed E-state index contributed by atoms with van der Waals surface area (Å²) in [5.41, 5.74) is 2.25. The molecule has 2 atom stereocenters. The zero-order valence-electron chi connectivity index (χ0n) is 14.1. The van der Waals surface area contributed by atoms with Gasteiger partial charge in [-0.05, 0) is 51.9 Å². The zero-order chi connectivity index (χ0) is 16.6. The van der Waals surface area contributed by atoms with Crippen LogP contribution in [0.1, 0.15) is 17.9 Å². The standard InChI is InChI=1S/C17H25BrN2O2Si/c1-23(2,3)7-6-22-11-20-9-14(13-8-12(13)10-21)16-15(18)4-5-19-17(16)20/h4-5,9,12-13,21H,6-8,10-11H2,1-3H3. The summed E-state index contributed by atoms with van der Waals surface area (Å²) in [7, 11) is -1.06. The maximum Gasteiger partial charge on any atom is 0.143 e. The van der Waals surface area contributed by atoms with Crippen molar-refractivity contribution in [3.63, 3.8) is 0 Å². The smallest absolute Gasteiger partial charge is 0.143 e. The van der Waals surface area contributed by atoms with Crippen LogP contribution in [0.5, 0.6) is 0 Å². The highest BCUT2D eigenvalue weighted by molar-refractivity contribution is 9.10. The Balaban J connectivity index is 1.79. The van der Waals surface area contributed by atoms with Crippen LogP contribution in [-0.4, -0.2) is 35.9 Å². The van der Waals surface area contributed by atoms with Gasteiger partial charge in [0.05, 0.1) is 0 Å². The average Bonchev–Trinajstić information content (AvgIpc) is 3.17. The molecule has 1 saturated carbocycles. The molecular weight excluding hydrogens is 372 g/mol. The van der Waals surface area contributed by atoms with Crippen molar-refractivity contribution < 1.29 is 9.84 Å². The molecule has 1 aliphatic carbocycles. The van der Waals surface area contributed by atoms with E-state index in [0.29, 0.717) is 18.6 Å². The number of nitrogens with zero attached hydrogens (tertiary/aromatic N) is 2. The Morgan fingerprint density at radius 3 is 2.87 bits per heavy atom. The number of ether oxygens (including phenoxy) is 1. The fourth-order valence-corrected chi connectivity index (χ4v) is 4.24. The zero-order valence-corrected chi connectivity index (χ0v) is 16.6. The minimum atomic E-state index is -1.06. The number of rotatable bonds is 7. The number of hydrogen-bond donors (Lipinski definition) is 1. The van der Waals surface area contributed by atoms with Crippen molar-refractivity contribution >= 4 is 35.0 Å². The van der Waals surface area contributed by atoms with Crippen molar-refractivity contribution in [3.8, 4) is 0 Å². The maximum absolute atomic E-state index is 9.38. The Bertz CT molecular complexity index is 696. The Morgan fingerprint density at radius 2 is 2.22 bits per heavy atom. The number of fused-ring (bicyclic) bond motifs is 1. The van der Waals surface area contributed by atoms with Crippen molar-refractivity contribution in [1.82, 2.24) is 9.55 Å². The Labute approximate surface area is 147 Å². The Morgan fingerprint density at radius 1 is 1.43 bits per heavy atom. The molecule has 126 valence electrons. The van der Waals surface area contributed by atoms with E-state index in [1.54, 1.807) is 0 Å². The topological polar surface area (TPSA) is 47.3 Å². The number of aromatic nitrogens is 2. The van der Waals surface area contributed by atoms with Crippen molar-refractivity contribution in [2.24, 2.45) is 5.92 Å². The van der Waals surface area contributed by atoms with E-state index in [4.69, 9.17) is 4.74 Å². The van der Waals surface area contributed by atoms with Gasteiger partial charge in [0, 0.05) is 43.5 Å². The SMILES string of the molecule is C[Si](C)(C)CCOCn1cc(C2CC2CO)c2c(Br)ccnc21. The lowest BCUT2D eigenvalue weighted by Crippen LogP contribution is -2.22. The molecule has 0 spiro atoms. The Kier molecular flexibility index (Phi) is 4.97. The van der Waals surface area contributed by atoms with Crippen molar-refractivity contribution in [1.29, 1.82) is 0 Å². The van der Waals surface area contributed by atoms with Crippen LogP contribution in [0.25, 0.3) is 11.0 Å². The number of aliphatic hydroxyl groups excluding tert-OH is 1. The summed E-state index contributed by atoms with van der Waals surface area (Å²) in [6.45, 7) is 8.70. The Hall–Kier alpha value is -0.693. The van der Waals surface area contributed by atoms with Gasteiger partial charge in [0.15, 0.2) is 0 Å². The number of halogens is 1. The van der Waals surface area contributed by atoms with Gasteiger partial charge in [0.2, 0.25) is 0 Å². The molecule has 0 bridgehead atoms. The first-order chi connectivity index (χ1) is 10.9. The first-order valence-electron chi connectivity index (χ1n) is 8.22. The van der Waals surface area contributed by atoms with Gasteiger partial charge in [-0.1, -0.05) is 19.6 Å². The minimum Gasteiger partial charge on any atom is -0.396 e. The van der Waals surface area contributed by atoms with Crippen LogP contribution in [0.15, 0.2) is 22.9 Å². The second kappa shape index (κ2) is 6.67. The van der Waals surface area contributed by atoms with E-state index in [-0.39, 0.29) is 6.61 Å². The predicted molar refractivity (Wildman–Crippen MR) is 99.5 cm³/mol. The normalized spacial score (nSPS) is 21.1. The largest absolute Gasteiger partial charge is 0.396 e. The molecule has 1 N–H and O–H groups in total. The van der Waals surface area contributed by atoms with E-state index in [1.165, 1.54) is 17.0 Å². The van der Waals surface area contributed by atoms with E-state index in [9.17, 15) is 5.11 Å². The molecule has 6 heteroatoms. The molecule has 2 aromatic heterocycles. The van der Waals surface area contributed by atoms with Crippen molar-refractivity contribution in [2.45, 2.75) is 44.8 Å². The lowest BCUT2D eigenvalue weighted by molar-refractivity contribution is 0.0898. The van der Waals surface area contributed by atoms with E-state index in [2.05, 4.69) is 51.3 Å². The molecule has 1 aliphatic rings. The first-order valence-corrected chi connectivity index (χ1v) is 12.7. The van der Waals surface area contributed by atoms with Crippen LogP contribution < -0.4 is 0 Å². The fourth-order valence-electron chi connectivity index (χ4n) is 2.96. The van der Waals surface area contributed by atoms with Gasteiger partial charge in [-0.3, -0.25) is 0 Å². The van der Waals surface area contributed by atoms with Crippen LogP contribution in [0, 0.1) is 5.92 Å². The van der Waals surface area contributed by atoms with Crippen molar-refractivity contribution in [3.05, 3.63) is 28.5 Å². The molecule has 1 fully saturated rings. The molecule has 0 aliphatic heterocycles. The molecule has 23 heavy (non-hydrogen) atoms. The second-order valence-corrected chi connectivity index (χ2v) is 14.2. The summed E-state index contributed by atoms with van der Waals surface area (Å²) in [6, 6.07) is 3.16. The predicted octanol–water partition coefficient (Wildman–Crippen LogP) is 4.21. The van der Waals surface area contributed by atoms with Gasteiger partial charge >= 0.3 is 0 Å². The summed E-state index contributed by atoms with van der Waals surface area (Å²) in [5.74, 6) is 0.847. The van der Waals surface area contributed by atoms with Gasteiger partial charge in [0.25, 0.3) is 0 Å². The van der Waals surface area contributed by atoms with E-state index in [1.807, 2.05) is 12.3 Å². The second-order valence-electron chi connectivity index (χ2n) is 7.68. The summed E-state index contributed by atoms with van der Waals surface area (Å²) >= 11 is 3.66. The van der Waals surface area contributed by atoms with Crippen molar-refractivity contribution in [2.75, 3.05) is 13.2 Å². The summed E-state index contributed by atoms with van der Waals surface area (Å²) < 4.78 is 9.08. The number of pyridine rings is 1. The highest BCUT2D eigenvalue weighted by Crippen LogP contribution is 2.50. The van der Waals surface area contributed by atoms with Crippen LogP contribution in [0.3, 0.4) is 0 Å². The third-order valence-corrected chi connectivity index (χ3v) is 6.88. The molecule has 2 unspecified atom stereocenters.